The SMILES string of the molecule is CC(C)CC[C@H](N)c1ccc(Cl)c(Cl)c1. The van der Waals surface area contributed by atoms with E-state index in [1.54, 1.807) is 6.07 Å². The third-order valence-electron chi connectivity index (χ3n) is 2.43. The van der Waals surface area contributed by atoms with E-state index in [0.717, 1.165) is 18.4 Å². The summed E-state index contributed by atoms with van der Waals surface area (Å²) in [5.41, 5.74) is 7.12. The Morgan fingerprint density at radius 2 is 1.80 bits per heavy atom. The van der Waals surface area contributed by atoms with Gasteiger partial charge in [-0.1, -0.05) is 43.1 Å². The molecule has 3 heteroatoms. The molecule has 0 radical (unpaired) electrons. The van der Waals surface area contributed by atoms with Crippen LogP contribution in [0.1, 0.15) is 38.3 Å². The minimum Gasteiger partial charge on any atom is -0.324 e. The molecule has 0 aliphatic rings. The number of hydrogen-bond acceptors (Lipinski definition) is 1. The molecule has 0 amide bonds. The Balaban J connectivity index is 2.65. The highest BCUT2D eigenvalue weighted by molar-refractivity contribution is 6.42. The average molecular weight is 246 g/mol. The van der Waals surface area contributed by atoms with E-state index in [9.17, 15) is 0 Å². The number of halogens is 2. The minimum atomic E-state index is 0.0576. The molecule has 2 N–H and O–H groups in total. The van der Waals surface area contributed by atoms with Crippen LogP contribution in [-0.2, 0) is 0 Å². The third kappa shape index (κ3) is 4.02. The second-order valence-corrected chi connectivity index (χ2v) is 5.07. The predicted octanol–water partition coefficient (Wildman–Crippen LogP) is 4.43. The highest BCUT2D eigenvalue weighted by atomic mass is 35.5. The molecule has 1 aromatic carbocycles. The van der Waals surface area contributed by atoms with Gasteiger partial charge in [-0.05, 0) is 36.5 Å². The topological polar surface area (TPSA) is 26.0 Å². The molecule has 84 valence electrons. The van der Waals surface area contributed by atoms with Gasteiger partial charge in [-0.2, -0.15) is 0 Å². The van der Waals surface area contributed by atoms with E-state index in [1.807, 2.05) is 12.1 Å². The van der Waals surface area contributed by atoms with E-state index < -0.39 is 0 Å². The van der Waals surface area contributed by atoms with Crippen molar-refractivity contribution >= 4 is 23.2 Å². The van der Waals surface area contributed by atoms with Crippen molar-refractivity contribution in [3.8, 4) is 0 Å². The van der Waals surface area contributed by atoms with Crippen molar-refractivity contribution in [1.29, 1.82) is 0 Å². The lowest BCUT2D eigenvalue weighted by atomic mass is 9.98. The molecule has 0 saturated heterocycles. The highest BCUT2D eigenvalue weighted by Gasteiger charge is 2.08. The largest absolute Gasteiger partial charge is 0.324 e. The first kappa shape index (κ1) is 12.8. The van der Waals surface area contributed by atoms with E-state index >= 15 is 0 Å². The first-order chi connectivity index (χ1) is 7.00. The van der Waals surface area contributed by atoms with Crippen LogP contribution in [0.15, 0.2) is 18.2 Å². The quantitative estimate of drug-likeness (QED) is 0.835. The number of hydrogen-bond donors (Lipinski definition) is 1. The second-order valence-electron chi connectivity index (χ2n) is 4.25. The molecule has 15 heavy (non-hydrogen) atoms. The Kier molecular flexibility index (Phi) is 4.91. The van der Waals surface area contributed by atoms with Crippen molar-refractivity contribution in [3.05, 3.63) is 33.8 Å². The maximum absolute atomic E-state index is 6.06. The third-order valence-corrected chi connectivity index (χ3v) is 3.17. The Bertz CT molecular complexity index is 323. The summed E-state index contributed by atoms with van der Waals surface area (Å²) in [5.74, 6) is 0.679. The van der Waals surface area contributed by atoms with Crippen LogP contribution in [0, 0.1) is 5.92 Å². The van der Waals surface area contributed by atoms with Gasteiger partial charge in [-0.3, -0.25) is 0 Å². The van der Waals surface area contributed by atoms with E-state index in [1.165, 1.54) is 0 Å². The molecule has 0 bridgehead atoms. The Morgan fingerprint density at radius 3 is 2.33 bits per heavy atom. The van der Waals surface area contributed by atoms with E-state index in [-0.39, 0.29) is 6.04 Å². The normalized spacial score (nSPS) is 13.2. The van der Waals surface area contributed by atoms with Gasteiger partial charge in [0.05, 0.1) is 10.0 Å². The lowest BCUT2D eigenvalue weighted by Gasteiger charge is -2.14. The monoisotopic (exact) mass is 245 g/mol. The fourth-order valence-corrected chi connectivity index (χ4v) is 1.73. The summed E-state index contributed by atoms with van der Waals surface area (Å²) >= 11 is 11.8. The summed E-state index contributed by atoms with van der Waals surface area (Å²) in [4.78, 5) is 0. The Morgan fingerprint density at radius 1 is 1.13 bits per heavy atom. The van der Waals surface area contributed by atoms with Gasteiger partial charge in [-0.25, -0.2) is 0 Å². The van der Waals surface area contributed by atoms with Crippen LogP contribution in [0.4, 0.5) is 0 Å². The molecule has 1 nitrogen and oxygen atoms in total. The molecule has 0 aliphatic carbocycles. The van der Waals surface area contributed by atoms with E-state index in [4.69, 9.17) is 28.9 Å². The summed E-state index contributed by atoms with van der Waals surface area (Å²) < 4.78 is 0. The zero-order chi connectivity index (χ0) is 11.4. The van der Waals surface area contributed by atoms with Crippen molar-refractivity contribution in [2.45, 2.75) is 32.7 Å². The van der Waals surface area contributed by atoms with Crippen molar-refractivity contribution in [2.75, 3.05) is 0 Å². The number of benzene rings is 1. The summed E-state index contributed by atoms with van der Waals surface area (Å²) in [6.45, 7) is 4.39. The zero-order valence-electron chi connectivity index (χ0n) is 9.13. The van der Waals surface area contributed by atoms with Gasteiger partial charge in [0.1, 0.15) is 0 Å². The van der Waals surface area contributed by atoms with Crippen LogP contribution in [0.5, 0.6) is 0 Å². The van der Waals surface area contributed by atoms with Crippen molar-refractivity contribution in [3.63, 3.8) is 0 Å². The lowest BCUT2D eigenvalue weighted by molar-refractivity contribution is 0.507. The minimum absolute atomic E-state index is 0.0576. The number of nitrogens with two attached hydrogens (primary N) is 1. The average Bonchev–Trinajstić information content (AvgIpc) is 2.18. The molecule has 1 aromatic rings. The molecular formula is C12H17Cl2N. The van der Waals surface area contributed by atoms with Gasteiger partial charge in [0.25, 0.3) is 0 Å². The maximum atomic E-state index is 6.06. The highest BCUT2D eigenvalue weighted by Crippen LogP contribution is 2.26. The molecule has 0 aromatic heterocycles. The van der Waals surface area contributed by atoms with Gasteiger partial charge >= 0.3 is 0 Å². The van der Waals surface area contributed by atoms with Gasteiger partial charge in [0, 0.05) is 6.04 Å². The van der Waals surface area contributed by atoms with Gasteiger partial charge < -0.3 is 5.73 Å². The predicted molar refractivity (Wildman–Crippen MR) is 67.5 cm³/mol. The standard InChI is InChI=1S/C12H17Cl2N/c1-8(2)3-6-12(15)9-4-5-10(13)11(14)7-9/h4-5,7-8,12H,3,6,15H2,1-2H3/t12-/m0/s1. The zero-order valence-corrected chi connectivity index (χ0v) is 10.6. The summed E-state index contributed by atoms with van der Waals surface area (Å²) in [6.07, 6.45) is 2.11. The maximum Gasteiger partial charge on any atom is 0.0595 e. The van der Waals surface area contributed by atoms with Crippen LogP contribution in [0.25, 0.3) is 0 Å². The molecule has 0 heterocycles. The first-order valence-corrected chi connectivity index (χ1v) is 5.97. The smallest absolute Gasteiger partial charge is 0.0595 e. The van der Waals surface area contributed by atoms with E-state index in [0.29, 0.717) is 16.0 Å². The summed E-state index contributed by atoms with van der Waals surface area (Å²) in [5, 5.41) is 1.16. The fraction of sp³-hybridized carbons (Fsp3) is 0.500. The Labute approximate surface area is 102 Å². The fourth-order valence-electron chi connectivity index (χ4n) is 1.42. The van der Waals surface area contributed by atoms with Crippen LogP contribution < -0.4 is 5.73 Å². The summed E-state index contributed by atoms with van der Waals surface area (Å²) in [6, 6.07) is 5.66. The summed E-state index contributed by atoms with van der Waals surface area (Å²) in [7, 11) is 0. The van der Waals surface area contributed by atoms with Crippen LogP contribution in [0.2, 0.25) is 10.0 Å². The first-order valence-electron chi connectivity index (χ1n) is 5.21. The van der Waals surface area contributed by atoms with Crippen molar-refractivity contribution < 1.29 is 0 Å². The molecule has 0 unspecified atom stereocenters. The second kappa shape index (κ2) is 5.74. The van der Waals surface area contributed by atoms with Gasteiger partial charge in [0.2, 0.25) is 0 Å². The van der Waals surface area contributed by atoms with Crippen molar-refractivity contribution in [2.24, 2.45) is 11.7 Å². The molecule has 0 spiro atoms. The van der Waals surface area contributed by atoms with E-state index in [2.05, 4.69) is 13.8 Å². The van der Waals surface area contributed by atoms with Gasteiger partial charge in [-0.15, -0.1) is 0 Å². The van der Waals surface area contributed by atoms with Crippen molar-refractivity contribution in [1.82, 2.24) is 0 Å². The van der Waals surface area contributed by atoms with Gasteiger partial charge in [0.15, 0.2) is 0 Å². The number of rotatable bonds is 4. The Hall–Kier alpha value is -0.240. The molecule has 1 atom stereocenters. The molecule has 0 saturated carbocycles. The molecular weight excluding hydrogens is 229 g/mol. The molecule has 0 fully saturated rings. The van der Waals surface area contributed by atoms with Crippen LogP contribution >= 0.6 is 23.2 Å². The lowest BCUT2D eigenvalue weighted by Crippen LogP contribution is -2.11. The van der Waals surface area contributed by atoms with Crippen LogP contribution in [0.3, 0.4) is 0 Å². The molecule has 0 aliphatic heterocycles. The molecule has 1 rings (SSSR count). The van der Waals surface area contributed by atoms with Crippen LogP contribution in [-0.4, -0.2) is 0 Å².